The van der Waals surface area contributed by atoms with Gasteiger partial charge in [-0.2, -0.15) is 0 Å². The van der Waals surface area contributed by atoms with Crippen LogP contribution in [0.2, 0.25) is 0 Å². The maximum atomic E-state index is 4.19. The number of aromatic nitrogens is 2. The first-order valence-electron chi connectivity index (χ1n) is 6.42. The third-order valence-corrected chi connectivity index (χ3v) is 3.24. The van der Waals surface area contributed by atoms with Crippen LogP contribution in [0.1, 0.15) is 28.1 Å². The molecule has 2 N–H and O–H groups in total. The van der Waals surface area contributed by atoms with Gasteiger partial charge in [0.1, 0.15) is 5.82 Å². The molecule has 0 aliphatic heterocycles. The summed E-state index contributed by atoms with van der Waals surface area (Å²) in [6.07, 6.45) is 4.70. The minimum atomic E-state index is 0.803. The summed E-state index contributed by atoms with van der Waals surface area (Å²) >= 11 is 0. The van der Waals surface area contributed by atoms with E-state index in [1.807, 2.05) is 6.20 Å². The molecule has 0 aliphatic carbocycles. The molecule has 0 atom stereocenters. The molecule has 0 aliphatic rings. The molecule has 0 fully saturated rings. The van der Waals surface area contributed by atoms with Crippen molar-refractivity contribution >= 4 is 0 Å². The average Bonchev–Trinajstić information content (AvgIpc) is 2.79. The van der Waals surface area contributed by atoms with Crippen molar-refractivity contribution in [3.05, 3.63) is 52.6 Å². The zero-order valence-corrected chi connectivity index (χ0v) is 11.4. The molecule has 0 spiro atoms. The van der Waals surface area contributed by atoms with E-state index in [2.05, 4.69) is 48.2 Å². The van der Waals surface area contributed by atoms with E-state index in [1.165, 1.54) is 22.3 Å². The number of aromatic amines is 1. The molecule has 2 rings (SSSR count). The summed E-state index contributed by atoms with van der Waals surface area (Å²) in [5.74, 6) is 0.993. The van der Waals surface area contributed by atoms with Crippen molar-refractivity contribution in [1.82, 2.24) is 15.3 Å². The zero-order chi connectivity index (χ0) is 13.0. The fourth-order valence-corrected chi connectivity index (χ4v) is 2.42. The lowest BCUT2D eigenvalue weighted by atomic mass is 9.97. The Morgan fingerprint density at radius 3 is 2.50 bits per heavy atom. The van der Waals surface area contributed by atoms with Crippen molar-refractivity contribution in [3.8, 4) is 0 Å². The predicted octanol–water partition coefficient (Wildman–Crippen LogP) is 2.67. The Kier molecular flexibility index (Phi) is 4.15. The molecule has 2 aromatic rings. The number of hydrogen-bond donors (Lipinski definition) is 2. The highest BCUT2D eigenvalue weighted by molar-refractivity contribution is 5.37. The Morgan fingerprint density at radius 1 is 1.17 bits per heavy atom. The van der Waals surface area contributed by atoms with Gasteiger partial charge >= 0.3 is 0 Å². The first-order valence-corrected chi connectivity index (χ1v) is 6.42. The molecule has 0 amide bonds. The Labute approximate surface area is 109 Å². The fraction of sp³-hybridized carbons (Fsp3) is 0.400. The second-order valence-electron chi connectivity index (χ2n) is 4.84. The standard InChI is InChI=1S/C15H21N3/c1-11-8-12(2)14(13(3)9-11)4-5-16-10-15-17-6-7-18-15/h6-9,16H,4-5,10H2,1-3H3,(H,17,18). The van der Waals surface area contributed by atoms with E-state index in [-0.39, 0.29) is 0 Å². The number of imidazole rings is 1. The SMILES string of the molecule is Cc1cc(C)c(CCNCc2ncc[nH]2)c(C)c1. The van der Waals surface area contributed by atoms with Gasteiger partial charge in [0.15, 0.2) is 0 Å². The first-order chi connectivity index (χ1) is 8.66. The highest BCUT2D eigenvalue weighted by atomic mass is 15.0. The molecule has 1 aromatic carbocycles. The number of aryl methyl sites for hydroxylation is 3. The smallest absolute Gasteiger partial charge is 0.120 e. The van der Waals surface area contributed by atoms with Crippen LogP contribution < -0.4 is 5.32 Å². The molecule has 96 valence electrons. The van der Waals surface area contributed by atoms with Crippen LogP contribution >= 0.6 is 0 Å². The number of H-pyrrole nitrogens is 1. The lowest BCUT2D eigenvalue weighted by Crippen LogP contribution is -2.18. The van der Waals surface area contributed by atoms with E-state index in [4.69, 9.17) is 0 Å². The lowest BCUT2D eigenvalue weighted by Gasteiger charge is -2.11. The van der Waals surface area contributed by atoms with Crippen molar-refractivity contribution < 1.29 is 0 Å². The van der Waals surface area contributed by atoms with Crippen LogP contribution in [-0.4, -0.2) is 16.5 Å². The molecule has 1 heterocycles. The maximum Gasteiger partial charge on any atom is 0.120 e. The third kappa shape index (κ3) is 3.20. The normalized spacial score (nSPS) is 10.8. The summed E-state index contributed by atoms with van der Waals surface area (Å²) in [6, 6.07) is 4.52. The molecule has 0 saturated heterocycles. The number of rotatable bonds is 5. The molecule has 18 heavy (non-hydrogen) atoms. The van der Waals surface area contributed by atoms with Gasteiger partial charge < -0.3 is 10.3 Å². The molecule has 0 radical (unpaired) electrons. The number of nitrogens with one attached hydrogen (secondary N) is 2. The van der Waals surface area contributed by atoms with Crippen molar-refractivity contribution in [3.63, 3.8) is 0 Å². The van der Waals surface area contributed by atoms with Crippen LogP contribution in [0.25, 0.3) is 0 Å². The largest absolute Gasteiger partial charge is 0.348 e. The van der Waals surface area contributed by atoms with Crippen LogP contribution in [0.4, 0.5) is 0 Å². The Morgan fingerprint density at radius 2 is 1.89 bits per heavy atom. The van der Waals surface area contributed by atoms with Crippen LogP contribution in [0.15, 0.2) is 24.5 Å². The minimum absolute atomic E-state index is 0.803. The van der Waals surface area contributed by atoms with E-state index in [0.717, 1.165) is 25.3 Å². The molecule has 3 nitrogen and oxygen atoms in total. The van der Waals surface area contributed by atoms with E-state index in [9.17, 15) is 0 Å². The molecule has 0 unspecified atom stereocenters. The third-order valence-electron chi connectivity index (χ3n) is 3.24. The van der Waals surface area contributed by atoms with Crippen LogP contribution in [0.5, 0.6) is 0 Å². The summed E-state index contributed by atoms with van der Waals surface area (Å²) in [6.45, 7) is 8.32. The first kappa shape index (κ1) is 12.8. The van der Waals surface area contributed by atoms with Gasteiger partial charge in [-0.25, -0.2) is 4.98 Å². The summed E-state index contributed by atoms with van der Waals surface area (Å²) in [5.41, 5.74) is 5.60. The van der Waals surface area contributed by atoms with Crippen molar-refractivity contribution in [2.24, 2.45) is 0 Å². The molecular weight excluding hydrogens is 222 g/mol. The lowest BCUT2D eigenvalue weighted by molar-refractivity contribution is 0.662. The van der Waals surface area contributed by atoms with Gasteiger partial charge in [0, 0.05) is 12.4 Å². The minimum Gasteiger partial charge on any atom is -0.348 e. The second kappa shape index (κ2) is 5.83. The summed E-state index contributed by atoms with van der Waals surface area (Å²) in [5, 5.41) is 3.41. The number of nitrogens with zero attached hydrogens (tertiary/aromatic N) is 1. The summed E-state index contributed by atoms with van der Waals surface area (Å²) in [7, 11) is 0. The predicted molar refractivity (Wildman–Crippen MR) is 74.7 cm³/mol. The van der Waals surface area contributed by atoms with Gasteiger partial charge in [0.2, 0.25) is 0 Å². The van der Waals surface area contributed by atoms with E-state index in [1.54, 1.807) is 6.20 Å². The van der Waals surface area contributed by atoms with E-state index >= 15 is 0 Å². The van der Waals surface area contributed by atoms with Crippen LogP contribution in [0.3, 0.4) is 0 Å². The molecular formula is C15H21N3. The second-order valence-corrected chi connectivity index (χ2v) is 4.84. The maximum absolute atomic E-state index is 4.19. The van der Waals surface area contributed by atoms with Gasteiger partial charge in [-0.1, -0.05) is 17.7 Å². The monoisotopic (exact) mass is 243 g/mol. The van der Waals surface area contributed by atoms with Gasteiger partial charge in [-0.3, -0.25) is 0 Å². The highest BCUT2D eigenvalue weighted by Crippen LogP contribution is 2.16. The zero-order valence-electron chi connectivity index (χ0n) is 11.4. The van der Waals surface area contributed by atoms with Crippen LogP contribution in [0, 0.1) is 20.8 Å². The molecule has 3 heteroatoms. The molecule has 1 aromatic heterocycles. The molecule has 0 saturated carbocycles. The van der Waals surface area contributed by atoms with Gasteiger partial charge in [-0.05, 0) is 50.4 Å². The Bertz CT molecular complexity index is 477. The quantitative estimate of drug-likeness (QED) is 0.793. The molecule has 0 bridgehead atoms. The van der Waals surface area contributed by atoms with Gasteiger partial charge in [0.25, 0.3) is 0 Å². The van der Waals surface area contributed by atoms with Gasteiger partial charge in [0.05, 0.1) is 6.54 Å². The van der Waals surface area contributed by atoms with E-state index < -0.39 is 0 Å². The summed E-state index contributed by atoms with van der Waals surface area (Å²) in [4.78, 5) is 7.28. The van der Waals surface area contributed by atoms with E-state index in [0.29, 0.717) is 0 Å². The average molecular weight is 243 g/mol. The Balaban J connectivity index is 1.87. The number of benzene rings is 1. The Hall–Kier alpha value is -1.61. The topological polar surface area (TPSA) is 40.7 Å². The fourth-order valence-electron chi connectivity index (χ4n) is 2.42. The van der Waals surface area contributed by atoms with Crippen molar-refractivity contribution in [2.75, 3.05) is 6.54 Å². The van der Waals surface area contributed by atoms with Crippen molar-refractivity contribution in [1.29, 1.82) is 0 Å². The summed E-state index contributed by atoms with van der Waals surface area (Å²) < 4.78 is 0. The highest BCUT2D eigenvalue weighted by Gasteiger charge is 2.03. The van der Waals surface area contributed by atoms with Crippen molar-refractivity contribution in [2.45, 2.75) is 33.7 Å². The number of hydrogen-bond acceptors (Lipinski definition) is 2. The van der Waals surface area contributed by atoms with Crippen LogP contribution in [-0.2, 0) is 13.0 Å². The van der Waals surface area contributed by atoms with Gasteiger partial charge in [-0.15, -0.1) is 0 Å².